The minimum Gasteiger partial charge on any atom is -0.397 e. The summed E-state index contributed by atoms with van der Waals surface area (Å²) in [4.78, 5) is 14.2. The number of anilines is 2. The second-order valence-corrected chi connectivity index (χ2v) is 5.97. The smallest absolute Gasteiger partial charge is 0.251 e. The summed E-state index contributed by atoms with van der Waals surface area (Å²) in [6.07, 6.45) is 1.15. The second-order valence-electron chi connectivity index (χ2n) is 5.97. The minimum atomic E-state index is -0.0396. The van der Waals surface area contributed by atoms with Gasteiger partial charge in [0.2, 0.25) is 0 Å². The molecule has 0 saturated carbocycles. The molecule has 0 spiro atoms. The van der Waals surface area contributed by atoms with E-state index in [0.717, 1.165) is 30.9 Å². The normalized spacial score (nSPS) is 17.5. The van der Waals surface area contributed by atoms with Gasteiger partial charge < -0.3 is 16.0 Å². The van der Waals surface area contributed by atoms with Crippen molar-refractivity contribution in [2.24, 2.45) is 5.41 Å². The molecule has 1 aliphatic heterocycles. The monoisotopic (exact) mass is 261 g/mol. The molecule has 0 unspecified atom stereocenters. The van der Waals surface area contributed by atoms with Crippen molar-refractivity contribution in [3.8, 4) is 0 Å². The highest BCUT2D eigenvalue weighted by atomic mass is 16.1. The largest absolute Gasteiger partial charge is 0.397 e. The third kappa shape index (κ3) is 3.00. The number of hydrogen-bond donors (Lipinski definition) is 2. The van der Waals surface area contributed by atoms with Gasteiger partial charge in [-0.15, -0.1) is 0 Å². The first-order valence-electron chi connectivity index (χ1n) is 6.85. The highest BCUT2D eigenvalue weighted by Gasteiger charge is 2.30. The molecule has 19 heavy (non-hydrogen) atoms. The molecule has 2 rings (SSSR count). The molecule has 0 aliphatic carbocycles. The lowest BCUT2D eigenvalue weighted by Gasteiger charge is -2.23. The Morgan fingerprint density at radius 1 is 1.47 bits per heavy atom. The molecule has 3 N–H and O–H groups in total. The first-order valence-corrected chi connectivity index (χ1v) is 6.85. The van der Waals surface area contributed by atoms with E-state index >= 15 is 0 Å². The average molecular weight is 261 g/mol. The Morgan fingerprint density at radius 2 is 2.21 bits per heavy atom. The molecule has 0 bridgehead atoms. The molecular weight excluding hydrogens is 238 g/mol. The third-order valence-corrected chi connectivity index (χ3v) is 3.65. The zero-order chi connectivity index (χ0) is 14.0. The summed E-state index contributed by atoms with van der Waals surface area (Å²) in [6, 6.07) is 5.51. The maximum absolute atomic E-state index is 11.9. The summed E-state index contributed by atoms with van der Waals surface area (Å²) >= 11 is 0. The summed E-state index contributed by atoms with van der Waals surface area (Å²) in [5, 5.41) is 2.82. The van der Waals surface area contributed by atoms with Crippen molar-refractivity contribution in [3.63, 3.8) is 0 Å². The molecule has 1 fully saturated rings. The maximum atomic E-state index is 11.9. The molecule has 1 aromatic rings. The predicted molar refractivity (Wildman–Crippen MR) is 79.5 cm³/mol. The number of carbonyl (C=O) groups excluding carboxylic acids is 1. The van der Waals surface area contributed by atoms with Crippen LogP contribution in [-0.4, -0.2) is 25.5 Å². The third-order valence-electron chi connectivity index (χ3n) is 3.65. The summed E-state index contributed by atoms with van der Waals surface area (Å²) in [7, 11) is 0. The number of rotatable bonds is 3. The molecule has 4 nitrogen and oxygen atoms in total. The highest BCUT2D eigenvalue weighted by Crippen LogP contribution is 2.35. The van der Waals surface area contributed by atoms with Gasteiger partial charge in [-0.25, -0.2) is 0 Å². The molecule has 4 heteroatoms. The van der Waals surface area contributed by atoms with Crippen LogP contribution in [0.25, 0.3) is 0 Å². The van der Waals surface area contributed by atoms with Gasteiger partial charge in [-0.2, -0.15) is 0 Å². The SMILES string of the molecule is CCNC(=O)c1ccc(N)c(N2CCC(C)(C)C2)c1. The minimum absolute atomic E-state index is 0.0396. The van der Waals surface area contributed by atoms with Crippen molar-refractivity contribution in [2.45, 2.75) is 27.2 Å². The standard InChI is InChI=1S/C15H23N3O/c1-4-17-14(19)11-5-6-12(16)13(9-11)18-8-7-15(2,3)10-18/h5-6,9H,4,7-8,10,16H2,1-3H3,(H,17,19). The van der Waals surface area contributed by atoms with Gasteiger partial charge in [0, 0.05) is 25.2 Å². The highest BCUT2D eigenvalue weighted by molar-refractivity contribution is 5.96. The average Bonchev–Trinajstić information content (AvgIpc) is 2.70. The first kappa shape index (κ1) is 13.7. The van der Waals surface area contributed by atoms with Crippen LogP contribution in [-0.2, 0) is 0 Å². The van der Waals surface area contributed by atoms with Crippen molar-refractivity contribution in [2.75, 3.05) is 30.3 Å². The summed E-state index contributed by atoms with van der Waals surface area (Å²) in [6.45, 7) is 9.05. The van der Waals surface area contributed by atoms with Gasteiger partial charge in [-0.05, 0) is 37.0 Å². The van der Waals surface area contributed by atoms with Crippen LogP contribution in [0.5, 0.6) is 0 Å². The molecular formula is C15H23N3O. The summed E-state index contributed by atoms with van der Waals surface area (Å²) < 4.78 is 0. The van der Waals surface area contributed by atoms with Crippen LogP contribution >= 0.6 is 0 Å². The van der Waals surface area contributed by atoms with Crippen molar-refractivity contribution < 1.29 is 4.79 Å². The van der Waals surface area contributed by atoms with Gasteiger partial charge in [-0.1, -0.05) is 13.8 Å². The van der Waals surface area contributed by atoms with Crippen molar-refractivity contribution in [1.29, 1.82) is 0 Å². The lowest BCUT2D eigenvalue weighted by molar-refractivity contribution is 0.0956. The number of amides is 1. The molecule has 0 radical (unpaired) electrons. The number of hydrogen-bond acceptors (Lipinski definition) is 3. The van der Waals surface area contributed by atoms with Crippen molar-refractivity contribution >= 4 is 17.3 Å². The van der Waals surface area contributed by atoms with Crippen molar-refractivity contribution in [1.82, 2.24) is 5.32 Å². The Balaban J connectivity index is 2.25. The van der Waals surface area contributed by atoms with E-state index in [-0.39, 0.29) is 5.91 Å². The fourth-order valence-electron chi connectivity index (χ4n) is 2.54. The number of carbonyl (C=O) groups is 1. The lowest BCUT2D eigenvalue weighted by atomic mass is 9.93. The van der Waals surface area contributed by atoms with E-state index in [2.05, 4.69) is 24.1 Å². The van der Waals surface area contributed by atoms with Gasteiger partial charge >= 0.3 is 0 Å². The number of nitrogens with zero attached hydrogens (tertiary/aromatic N) is 1. The van der Waals surface area contributed by atoms with E-state index in [1.54, 1.807) is 6.07 Å². The van der Waals surface area contributed by atoms with E-state index < -0.39 is 0 Å². The summed E-state index contributed by atoms with van der Waals surface area (Å²) in [5.74, 6) is -0.0396. The Morgan fingerprint density at radius 3 is 2.79 bits per heavy atom. The van der Waals surface area contributed by atoms with Crippen LogP contribution in [0.15, 0.2) is 18.2 Å². The fraction of sp³-hybridized carbons (Fsp3) is 0.533. The molecule has 0 aromatic heterocycles. The molecule has 1 aromatic carbocycles. The van der Waals surface area contributed by atoms with Crippen LogP contribution in [0.1, 0.15) is 37.6 Å². The Hall–Kier alpha value is -1.71. The molecule has 0 atom stereocenters. The van der Waals surface area contributed by atoms with Crippen molar-refractivity contribution in [3.05, 3.63) is 23.8 Å². The van der Waals surface area contributed by atoms with Gasteiger partial charge in [0.25, 0.3) is 5.91 Å². The number of nitrogens with two attached hydrogens (primary N) is 1. The van der Waals surface area contributed by atoms with E-state index in [9.17, 15) is 4.79 Å². The topological polar surface area (TPSA) is 58.4 Å². The number of nitrogen functional groups attached to an aromatic ring is 1. The van der Waals surface area contributed by atoms with E-state index in [1.807, 2.05) is 19.1 Å². The zero-order valence-corrected chi connectivity index (χ0v) is 12.0. The molecule has 1 amide bonds. The van der Waals surface area contributed by atoms with Crippen LogP contribution < -0.4 is 16.0 Å². The van der Waals surface area contributed by atoms with E-state index in [4.69, 9.17) is 5.73 Å². The Kier molecular flexibility index (Phi) is 3.69. The molecule has 1 saturated heterocycles. The quantitative estimate of drug-likeness (QED) is 0.821. The Labute approximate surface area is 115 Å². The zero-order valence-electron chi connectivity index (χ0n) is 12.0. The first-order chi connectivity index (χ1) is 8.93. The number of nitrogens with one attached hydrogen (secondary N) is 1. The summed E-state index contributed by atoms with van der Waals surface area (Å²) in [5.41, 5.74) is 8.77. The van der Waals surface area contributed by atoms with Gasteiger partial charge in [0.1, 0.15) is 0 Å². The van der Waals surface area contributed by atoms with Gasteiger partial charge in [0.15, 0.2) is 0 Å². The number of benzene rings is 1. The van der Waals surface area contributed by atoms with Crippen LogP contribution in [0.2, 0.25) is 0 Å². The predicted octanol–water partition coefficient (Wildman–Crippen LogP) is 2.25. The van der Waals surface area contributed by atoms with E-state index in [1.165, 1.54) is 0 Å². The van der Waals surface area contributed by atoms with Gasteiger partial charge in [0.05, 0.1) is 11.4 Å². The lowest BCUT2D eigenvalue weighted by Crippen LogP contribution is -2.25. The van der Waals surface area contributed by atoms with Gasteiger partial charge in [-0.3, -0.25) is 4.79 Å². The molecule has 104 valence electrons. The Bertz CT molecular complexity index is 482. The molecule has 1 aliphatic rings. The second kappa shape index (κ2) is 5.11. The van der Waals surface area contributed by atoms with Crippen LogP contribution in [0, 0.1) is 5.41 Å². The van der Waals surface area contributed by atoms with E-state index in [0.29, 0.717) is 17.5 Å². The van der Waals surface area contributed by atoms with Crippen LogP contribution in [0.3, 0.4) is 0 Å². The fourth-order valence-corrected chi connectivity index (χ4v) is 2.54. The van der Waals surface area contributed by atoms with Crippen LogP contribution in [0.4, 0.5) is 11.4 Å². The molecule has 1 heterocycles. The maximum Gasteiger partial charge on any atom is 0.251 e.